The summed E-state index contributed by atoms with van der Waals surface area (Å²) in [5.74, 6) is -0.800. The van der Waals surface area contributed by atoms with E-state index in [1.807, 2.05) is 0 Å². The van der Waals surface area contributed by atoms with E-state index in [1.54, 1.807) is 6.92 Å². The average Bonchev–Trinajstić information content (AvgIpc) is 2.51. The van der Waals surface area contributed by atoms with Crippen LogP contribution in [0.15, 0.2) is 0 Å². The lowest BCUT2D eigenvalue weighted by Gasteiger charge is -2.17. The Hall–Kier alpha value is -0.180. The molecule has 0 saturated heterocycles. The topological polar surface area (TPSA) is 37.3 Å². The van der Waals surface area contributed by atoms with E-state index in [4.69, 9.17) is 5.11 Å². The van der Waals surface area contributed by atoms with Gasteiger partial charge >= 0.3 is 5.97 Å². The highest BCUT2D eigenvalue weighted by atomic mass is 32.1. The van der Waals surface area contributed by atoms with Gasteiger partial charge in [-0.1, -0.05) is 103 Å². The van der Waals surface area contributed by atoms with E-state index in [9.17, 15) is 4.79 Å². The molecule has 0 aliphatic heterocycles. The molecule has 0 aliphatic carbocycles. The van der Waals surface area contributed by atoms with Gasteiger partial charge < -0.3 is 5.11 Å². The number of thiol groups is 1. The van der Waals surface area contributed by atoms with Crippen LogP contribution in [0, 0.1) is 0 Å². The smallest absolute Gasteiger partial charge is 0.319 e. The number of carbonyl (C=O) groups is 1. The first-order chi connectivity index (χ1) is 11.0. The first-order valence-corrected chi connectivity index (χ1v) is 10.4. The molecular formula is C20H40O2S. The first-order valence-electron chi connectivity index (χ1n) is 9.96. The Morgan fingerprint density at radius 1 is 0.739 bits per heavy atom. The van der Waals surface area contributed by atoms with Crippen LogP contribution in [0.4, 0.5) is 0 Å². The Morgan fingerprint density at radius 3 is 1.35 bits per heavy atom. The zero-order valence-electron chi connectivity index (χ0n) is 15.6. The van der Waals surface area contributed by atoms with Gasteiger partial charge in [0.2, 0.25) is 0 Å². The molecule has 1 N–H and O–H groups in total. The summed E-state index contributed by atoms with van der Waals surface area (Å²) in [5, 5.41) is 8.98. The largest absolute Gasteiger partial charge is 0.480 e. The second-order valence-electron chi connectivity index (χ2n) is 7.28. The van der Waals surface area contributed by atoms with E-state index in [1.165, 1.54) is 83.5 Å². The molecule has 23 heavy (non-hydrogen) atoms. The molecule has 0 aromatic rings. The Morgan fingerprint density at radius 2 is 1.04 bits per heavy atom. The highest BCUT2D eigenvalue weighted by Crippen LogP contribution is 2.22. The van der Waals surface area contributed by atoms with Crippen LogP contribution in [0.3, 0.4) is 0 Å². The van der Waals surface area contributed by atoms with Gasteiger partial charge in [0, 0.05) is 0 Å². The van der Waals surface area contributed by atoms with Gasteiger partial charge in [0.25, 0.3) is 0 Å². The monoisotopic (exact) mass is 344 g/mol. The summed E-state index contributed by atoms with van der Waals surface area (Å²) in [6.07, 6.45) is 20.7. The van der Waals surface area contributed by atoms with Crippen molar-refractivity contribution in [1.29, 1.82) is 0 Å². The normalized spacial score (nSPS) is 13.9. The summed E-state index contributed by atoms with van der Waals surface area (Å²) in [6.45, 7) is 3.97. The minimum Gasteiger partial charge on any atom is -0.480 e. The molecule has 0 aromatic heterocycles. The lowest BCUT2D eigenvalue weighted by atomic mass is 10.0. The van der Waals surface area contributed by atoms with E-state index < -0.39 is 10.7 Å². The Labute approximate surface area is 150 Å². The van der Waals surface area contributed by atoms with Crippen LogP contribution in [0.5, 0.6) is 0 Å². The van der Waals surface area contributed by atoms with Crippen LogP contribution >= 0.6 is 12.6 Å². The third kappa shape index (κ3) is 15.1. The second kappa shape index (κ2) is 15.4. The van der Waals surface area contributed by atoms with Gasteiger partial charge in [-0.05, 0) is 13.3 Å². The van der Waals surface area contributed by atoms with Crippen LogP contribution in [0.2, 0.25) is 0 Å². The maximum absolute atomic E-state index is 10.9. The van der Waals surface area contributed by atoms with Crippen LogP contribution in [0.25, 0.3) is 0 Å². The molecule has 0 amide bonds. The van der Waals surface area contributed by atoms with Crippen molar-refractivity contribution in [3.8, 4) is 0 Å². The average molecular weight is 345 g/mol. The summed E-state index contributed by atoms with van der Waals surface area (Å²) < 4.78 is -0.851. The molecule has 0 spiro atoms. The van der Waals surface area contributed by atoms with Crippen molar-refractivity contribution in [2.24, 2.45) is 0 Å². The summed E-state index contributed by atoms with van der Waals surface area (Å²) in [6, 6.07) is 0. The molecule has 0 saturated carbocycles. The van der Waals surface area contributed by atoms with Crippen molar-refractivity contribution < 1.29 is 9.90 Å². The lowest BCUT2D eigenvalue weighted by molar-refractivity contribution is -0.139. The first kappa shape index (κ1) is 22.8. The minimum atomic E-state index is -0.851. The fourth-order valence-electron chi connectivity index (χ4n) is 2.95. The molecule has 138 valence electrons. The minimum absolute atomic E-state index is 0.670. The molecule has 3 heteroatoms. The molecule has 0 aliphatic rings. The van der Waals surface area contributed by atoms with Crippen molar-refractivity contribution in [2.45, 2.75) is 121 Å². The van der Waals surface area contributed by atoms with Crippen molar-refractivity contribution in [2.75, 3.05) is 0 Å². The molecule has 0 aromatic carbocycles. The van der Waals surface area contributed by atoms with Gasteiger partial charge in [-0.15, -0.1) is 0 Å². The third-order valence-electron chi connectivity index (χ3n) is 4.73. The van der Waals surface area contributed by atoms with Crippen molar-refractivity contribution in [1.82, 2.24) is 0 Å². The summed E-state index contributed by atoms with van der Waals surface area (Å²) in [7, 11) is 0. The highest BCUT2D eigenvalue weighted by Gasteiger charge is 2.27. The van der Waals surface area contributed by atoms with Crippen LogP contribution < -0.4 is 0 Å². The number of unbranched alkanes of at least 4 members (excludes halogenated alkanes) is 14. The van der Waals surface area contributed by atoms with Crippen molar-refractivity contribution in [3.05, 3.63) is 0 Å². The summed E-state index contributed by atoms with van der Waals surface area (Å²) >= 11 is 4.20. The molecule has 0 bridgehead atoms. The quantitative estimate of drug-likeness (QED) is 0.220. The Balaban J connectivity index is 3.15. The second-order valence-corrected chi connectivity index (χ2v) is 8.27. The Kier molecular flexibility index (Phi) is 15.2. The van der Waals surface area contributed by atoms with Gasteiger partial charge in [0.1, 0.15) is 4.75 Å². The van der Waals surface area contributed by atoms with Crippen molar-refractivity contribution in [3.63, 3.8) is 0 Å². The fourth-order valence-corrected chi connectivity index (χ4v) is 3.11. The maximum Gasteiger partial charge on any atom is 0.319 e. The van der Waals surface area contributed by atoms with Gasteiger partial charge in [0.05, 0.1) is 0 Å². The predicted molar refractivity (Wildman–Crippen MR) is 105 cm³/mol. The van der Waals surface area contributed by atoms with Crippen LogP contribution in [-0.2, 0) is 4.79 Å². The van der Waals surface area contributed by atoms with E-state index >= 15 is 0 Å². The number of hydrogen-bond acceptors (Lipinski definition) is 2. The highest BCUT2D eigenvalue weighted by molar-refractivity contribution is 7.82. The molecule has 2 nitrogen and oxygen atoms in total. The lowest BCUT2D eigenvalue weighted by Crippen LogP contribution is -2.28. The third-order valence-corrected chi connectivity index (χ3v) is 5.14. The fraction of sp³-hybridized carbons (Fsp3) is 0.950. The molecular weight excluding hydrogens is 304 g/mol. The van der Waals surface area contributed by atoms with Gasteiger partial charge in [-0.2, -0.15) is 12.6 Å². The van der Waals surface area contributed by atoms with Crippen molar-refractivity contribution >= 4 is 18.6 Å². The van der Waals surface area contributed by atoms with E-state index in [0.29, 0.717) is 6.42 Å². The maximum atomic E-state index is 10.9. The molecule has 1 atom stereocenters. The van der Waals surface area contributed by atoms with Crippen LogP contribution in [0.1, 0.15) is 117 Å². The number of carboxylic acid groups (broad SMARTS) is 1. The summed E-state index contributed by atoms with van der Waals surface area (Å²) in [4.78, 5) is 10.9. The van der Waals surface area contributed by atoms with E-state index in [2.05, 4.69) is 19.6 Å². The van der Waals surface area contributed by atoms with E-state index in [-0.39, 0.29) is 0 Å². The number of aliphatic carboxylic acids is 1. The number of carboxylic acids is 1. The predicted octanol–water partition coefficient (Wildman–Crippen LogP) is 7.02. The molecule has 0 rings (SSSR count). The Bertz CT molecular complexity index is 277. The number of hydrogen-bond donors (Lipinski definition) is 2. The molecule has 0 heterocycles. The van der Waals surface area contributed by atoms with Gasteiger partial charge in [-0.25, -0.2) is 0 Å². The van der Waals surface area contributed by atoms with Gasteiger partial charge in [-0.3, -0.25) is 4.79 Å². The van der Waals surface area contributed by atoms with Crippen LogP contribution in [-0.4, -0.2) is 15.8 Å². The standard InChI is InChI=1S/C20H40O2S/c1-3-4-5-6-7-8-9-10-11-12-13-14-15-16-17-18-20(2,23)19(21)22/h23H,3-18H2,1-2H3,(H,21,22). The zero-order valence-corrected chi connectivity index (χ0v) is 16.5. The molecule has 1 unspecified atom stereocenters. The number of rotatable bonds is 17. The zero-order chi connectivity index (χ0) is 17.4. The molecule has 0 radical (unpaired) electrons. The van der Waals surface area contributed by atoms with Gasteiger partial charge in [0.15, 0.2) is 0 Å². The molecule has 0 fully saturated rings. The SMILES string of the molecule is CCCCCCCCCCCCCCCCCC(C)(S)C(=O)O. The van der Waals surface area contributed by atoms with E-state index in [0.717, 1.165) is 12.8 Å². The summed E-state index contributed by atoms with van der Waals surface area (Å²) in [5.41, 5.74) is 0.